The van der Waals surface area contributed by atoms with E-state index in [0.717, 1.165) is 21.0 Å². The van der Waals surface area contributed by atoms with Crippen LogP contribution in [-0.4, -0.2) is 153 Å². The molecular weight excluding hydrogens is 670 g/mol. The summed E-state index contributed by atoms with van der Waals surface area (Å²) in [7, 11) is -9.01. The lowest BCUT2D eigenvalue weighted by Crippen LogP contribution is -2.81. The van der Waals surface area contributed by atoms with Crippen LogP contribution in [0.3, 0.4) is 0 Å². The largest absolute Gasteiger partial charge is 0.726 e. The Morgan fingerprint density at radius 2 is 1.43 bits per heavy atom. The van der Waals surface area contributed by atoms with Crippen LogP contribution < -0.4 is 10.4 Å². The van der Waals surface area contributed by atoms with Gasteiger partial charge in [0.15, 0.2) is 5.60 Å². The van der Waals surface area contributed by atoms with E-state index in [1.54, 1.807) is 0 Å². The zero-order valence-electron chi connectivity index (χ0n) is 26.1. The first-order chi connectivity index (χ1) is 20.8. The van der Waals surface area contributed by atoms with Gasteiger partial charge >= 0.3 is 0 Å². The molecule has 22 heteroatoms. The number of nitrogens with one attached hydrogen (secondary N) is 1. The van der Waals surface area contributed by atoms with E-state index in [4.69, 9.17) is 27.9 Å². The number of methoxy groups -OCH3 is 2. The lowest BCUT2D eigenvalue weighted by molar-refractivity contribution is -0.384. The number of carboxylic acid groups (broad SMARTS) is 1. The summed E-state index contributed by atoms with van der Waals surface area (Å²) < 4.78 is 107. The molecule has 4 unspecified atom stereocenters. The van der Waals surface area contributed by atoms with Crippen molar-refractivity contribution in [1.82, 2.24) is 5.32 Å². The van der Waals surface area contributed by atoms with E-state index in [-0.39, 0.29) is 6.61 Å². The molecule has 2 rings (SSSR count). The predicted molar refractivity (Wildman–Crippen MR) is 144 cm³/mol. The van der Waals surface area contributed by atoms with Crippen molar-refractivity contribution in [2.75, 3.05) is 47.3 Å². The third-order valence-corrected chi connectivity index (χ3v) is 9.16. The summed E-state index contributed by atoms with van der Waals surface area (Å²) >= 11 is 0. The number of ether oxygens (including phenoxy) is 5. The van der Waals surface area contributed by atoms with Gasteiger partial charge in [-0.2, -0.15) is 0 Å². The molecule has 0 bridgehead atoms. The van der Waals surface area contributed by atoms with Crippen LogP contribution in [0.4, 0.5) is 0 Å². The second-order valence-electron chi connectivity index (χ2n) is 12.0. The zero-order valence-corrected chi connectivity index (χ0v) is 27.7. The van der Waals surface area contributed by atoms with Crippen LogP contribution in [0.1, 0.15) is 34.6 Å². The van der Waals surface area contributed by atoms with Gasteiger partial charge in [0.05, 0.1) is 45.0 Å². The molecule has 1 amide bonds. The van der Waals surface area contributed by atoms with Gasteiger partial charge in [0.1, 0.15) is 40.7 Å². The third-order valence-electron chi connectivity index (χ3n) is 8.21. The van der Waals surface area contributed by atoms with Crippen LogP contribution in [0.2, 0.25) is 0 Å². The molecule has 10 atom stereocenters. The van der Waals surface area contributed by atoms with E-state index in [0.29, 0.717) is 6.92 Å². The summed E-state index contributed by atoms with van der Waals surface area (Å²) in [5, 5.41) is 47.3. The second kappa shape index (κ2) is 14.1. The number of aliphatic hydroxyl groups is 3. The molecule has 0 saturated carbocycles. The molecule has 46 heavy (non-hydrogen) atoms. The van der Waals surface area contributed by atoms with Crippen molar-refractivity contribution in [3.05, 3.63) is 0 Å². The smallest absolute Gasteiger partial charge is 0.218 e. The molecule has 0 aromatic carbocycles. The van der Waals surface area contributed by atoms with Crippen LogP contribution >= 0.6 is 0 Å². The van der Waals surface area contributed by atoms with Gasteiger partial charge in [0.25, 0.3) is 0 Å². The second-order valence-corrected chi connectivity index (χ2v) is 14.0. The zero-order chi connectivity index (χ0) is 35.7. The van der Waals surface area contributed by atoms with Crippen LogP contribution in [-0.2, 0) is 62.4 Å². The molecule has 270 valence electrons. The molecule has 2 aliphatic heterocycles. The summed E-state index contributed by atoms with van der Waals surface area (Å²) in [6, 6.07) is -1.24. The Labute approximate surface area is 266 Å². The average molecular weight is 711 g/mol. The lowest BCUT2D eigenvalue weighted by Gasteiger charge is -2.59. The van der Waals surface area contributed by atoms with Crippen molar-refractivity contribution >= 4 is 32.7 Å². The van der Waals surface area contributed by atoms with Gasteiger partial charge in [0.2, 0.25) is 26.7 Å². The Kier molecular flexibility index (Phi) is 12.4. The highest BCUT2D eigenvalue weighted by Crippen LogP contribution is 2.47. The summed E-state index contributed by atoms with van der Waals surface area (Å²) in [6.45, 7) is 1.75. The van der Waals surface area contributed by atoms with Crippen LogP contribution in [0.5, 0.6) is 0 Å². The average Bonchev–Trinajstić information content (AvgIpc) is 2.89. The minimum absolute atomic E-state index is 0.249. The van der Waals surface area contributed by atoms with E-state index >= 15 is 0 Å². The standard InChI is InChI=1S/C24H43NO19S2/c1-13(27)25-15-14(18(41-45(32,33)34)20(2,9-26)42-21(15,3)10-38-6)8-40-11-22(4)16(28)17(29)24(12-39-7,44-46(35,36)37)23(5,43-22)19(30)31/h14-18,26,28-29H,8-12H2,1-7H3,(H,25,27)(H,30,31)(H,32,33,34)(H,35,36,37)/p-3/t14-,15?,16?,17-,18+,20?,21-,22-,23?,24+/m0/s1. The number of aliphatic carboxylic acids is 1. The molecule has 0 aliphatic carbocycles. The van der Waals surface area contributed by atoms with E-state index < -0.39 is 117 Å². The third kappa shape index (κ3) is 8.14. The maximum Gasteiger partial charge on any atom is 0.218 e. The molecule has 0 aromatic heterocycles. The summed E-state index contributed by atoms with van der Waals surface area (Å²) in [5.41, 5.74) is -11.8. The maximum atomic E-state index is 12.4. The van der Waals surface area contributed by atoms with E-state index in [2.05, 4.69) is 9.50 Å². The Hall–Kier alpha value is -1.64. The predicted octanol–water partition coefficient (Wildman–Crippen LogP) is -4.96. The van der Waals surface area contributed by atoms with Gasteiger partial charge < -0.3 is 63.3 Å². The molecule has 2 aliphatic rings. The van der Waals surface area contributed by atoms with Crippen LogP contribution in [0.15, 0.2) is 0 Å². The van der Waals surface area contributed by atoms with Crippen molar-refractivity contribution in [1.29, 1.82) is 0 Å². The number of rotatable bonds is 15. The van der Waals surface area contributed by atoms with E-state index in [1.807, 2.05) is 0 Å². The number of carbonyl (C=O) groups is 2. The fourth-order valence-corrected chi connectivity index (χ4v) is 7.48. The van der Waals surface area contributed by atoms with Gasteiger partial charge in [-0.3, -0.25) is 13.2 Å². The minimum atomic E-state index is -5.77. The summed E-state index contributed by atoms with van der Waals surface area (Å²) in [4.78, 5) is 24.6. The van der Waals surface area contributed by atoms with E-state index in [1.165, 1.54) is 21.0 Å². The number of hydrogen-bond donors (Lipinski definition) is 4. The fourth-order valence-electron chi connectivity index (χ4n) is 6.21. The molecule has 20 nitrogen and oxygen atoms in total. The molecular formula is C24H40NO19S2-3. The fraction of sp³-hybridized carbons (Fsp3) is 0.917. The van der Waals surface area contributed by atoms with Crippen LogP contribution in [0, 0.1) is 5.92 Å². The first kappa shape index (κ1) is 40.5. The van der Waals surface area contributed by atoms with Crippen molar-refractivity contribution in [3.63, 3.8) is 0 Å². The van der Waals surface area contributed by atoms with Gasteiger partial charge in [-0.25, -0.2) is 16.8 Å². The number of carbonyl (C=O) groups excluding carboxylic acids is 2. The van der Waals surface area contributed by atoms with Gasteiger partial charge in [-0.15, -0.1) is 0 Å². The Morgan fingerprint density at radius 1 is 0.870 bits per heavy atom. The highest BCUT2D eigenvalue weighted by Gasteiger charge is 2.69. The normalized spacial score (nSPS) is 40.4. The van der Waals surface area contributed by atoms with Crippen molar-refractivity contribution in [2.24, 2.45) is 5.92 Å². The molecule has 4 N–H and O–H groups in total. The van der Waals surface area contributed by atoms with E-state index in [9.17, 15) is 56.0 Å². The first-order valence-electron chi connectivity index (χ1n) is 13.5. The molecule has 0 aromatic rings. The van der Waals surface area contributed by atoms with Crippen LogP contribution in [0.25, 0.3) is 0 Å². The molecule has 0 spiro atoms. The molecule has 2 saturated heterocycles. The van der Waals surface area contributed by atoms with Gasteiger partial charge in [-0.1, -0.05) is 0 Å². The number of aliphatic hydroxyl groups excluding tert-OH is 3. The quantitative estimate of drug-likeness (QED) is 0.0913. The Balaban J connectivity index is 2.59. The maximum absolute atomic E-state index is 12.4. The first-order valence-corrected chi connectivity index (χ1v) is 16.2. The number of hydrogen-bond acceptors (Lipinski definition) is 19. The monoisotopic (exact) mass is 710 g/mol. The van der Waals surface area contributed by atoms with Crippen molar-refractivity contribution in [3.8, 4) is 0 Å². The van der Waals surface area contributed by atoms with Crippen molar-refractivity contribution < 1.29 is 88.0 Å². The Bertz CT molecular complexity index is 1330. The highest BCUT2D eigenvalue weighted by molar-refractivity contribution is 7.81. The summed E-state index contributed by atoms with van der Waals surface area (Å²) in [6.07, 6.45) is -6.59. The highest BCUT2D eigenvalue weighted by atomic mass is 32.3. The summed E-state index contributed by atoms with van der Waals surface area (Å²) in [5.74, 6) is -4.20. The number of carboxylic acids is 1. The lowest BCUT2D eigenvalue weighted by atomic mass is 9.71. The molecule has 2 fully saturated rings. The minimum Gasteiger partial charge on any atom is -0.726 e. The molecule has 2 heterocycles. The number of amides is 1. The SMILES string of the molecule is COC[C@]1(C)OC(C)(CO)[C@H](OS(=O)(=O)[O-])[C@@H](COC[C@]2(C)OC(C)(C(=O)[O-])[C@](COC)(OS(=O)(=O)[O-])[C@@H](O)C2O)C1NC(C)=O. The van der Waals surface area contributed by atoms with Gasteiger partial charge in [-0.05, 0) is 27.7 Å². The van der Waals surface area contributed by atoms with Crippen molar-refractivity contribution in [2.45, 2.75) is 87.0 Å². The Morgan fingerprint density at radius 3 is 1.87 bits per heavy atom. The topological polar surface area (TPSA) is 309 Å². The van der Waals surface area contributed by atoms with Gasteiger partial charge in [0, 0.05) is 27.1 Å². The molecule has 0 radical (unpaired) electrons.